The van der Waals surface area contributed by atoms with E-state index in [9.17, 15) is 9.59 Å². The van der Waals surface area contributed by atoms with Crippen LogP contribution < -0.4 is 0 Å². The summed E-state index contributed by atoms with van der Waals surface area (Å²) in [7, 11) is 0. The van der Waals surface area contributed by atoms with Gasteiger partial charge in [-0.3, -0.25) is 0 Å². The summed E-state index contributed by atoms with van der Waals surface area (Å²) in [6.45, 7) is 8.03. The maximum Gasteiger partial charge on any atom is 0.344 e. The van der Waals surface area contributed by atoms with E-state index in [1.165, 1.54) is 6.42 Å². The Morgan fingerprint density at radius 2 is 1.92 bits per heavy atom. The van der Waals surface area contributed by atoms with E-state index in [2.05, 4.69) is 20.8 Å². The zero-order valence-corrected chi connectivity index (χ0v) is 15.1. The van der Waals surface area contributed by atoms with Gasteiger partial charge in [0.2, 0.25) is 0 Å². The standard InChI is InChI=1S/C20H28O4/c1-13(2)16-10-9-14(3)11-18(16)24-19(21)12-23-20(22)17-8-6-5-7-15(17)4/h5-8,13-14,16,18H,9-12H2,1-4H3. The number of carbonyl (C=O) groups excluding carboxylic acids is 2. The van der Waals surface area contributed by atoms with Crippen molar-refractivity contribution in [3.8, 4) is 0 Å². The third-order valence-electron chi connectivity index (χ3n) is 4.93. The predicted molar refractivity (Wildman–Crippen MR) is 92.7 cm³/mol. The highest BCUT2D eigenvalue weighted by Gasteiger charge is 2.33. The Hall–Kier alpha value is -1.84. The first-order valence-electron chi connectivity index (χ1n) is 8.80. The molecule has 132 valence electrons. The van der Waals surface area contributed by atoms with Crippen molar-refractivity contribution in [2.75, 3.05) is 6.61 Å². The summed E-state index contributed by atoms with van der Waals surface area (Å²) in [6.07, 6.45) is 3.08. The summed E-state index contributed by atoms with van der Waals surface area (Å²) in [5, 5.41) is 0. The number of rotatable bonds is 5. The second-order valence-electron chi connectivity index (χ2n) is 7.25. The van der Waals surface area contributed by atoms with Crippen molar-refractivity contribution >= 4 is 11.9 Å². The van der Waals surface area contributed by atoms with E-state index in [-0.39, 0.29) is 12.7 Å². The fourth-order valence-electron chi connectivity index (χ4n) is 3.46. The molecule has 0 radical (unpaired) electrons. The van der Waals surface area contributed by atoms with Gasteiger partial charge in [0, 0.05) is 0 Å². The summed E-state index contributed by atoms with van der Waals surface area (Å²) in [6, 6.07) is 7.17. The summed E-state index contributed by atoms with van der Waals surface area (Å²) in [5.41, 5.74) is 1.31. The van der Waals surface area contributed by atoms with Gasteiger partial charge in [0.05, 0.1) is 5.56 Å². The Labute approximate surface area is 144 Å². The van der Waals surface area contributed by atoms with Gasteiger partial charge >= 0.3 is 11.9 Å². The monoisotopic (exact) mass is 332 g/mol. The van der Waals surface area contributed by atoms with Gasteiger partial charge in [-0.2, -0.15) is 0 Å². The maximum atomic E-state index is 12.1. The van der Waals surface area contributed by atoms with Gasteiger partial charge in [-0.1, -0.05) is 45.4 Å². The van der Waals surface area contributed by atoms with Crippen molar-refractivity contribution in [1.82, 2.24) is 0 Å². The third kappa shape index (κ3) is 4.83. The lowest BCUT2D eigenvalue weighted by molar-refractivity contribution is -0.159. The van der Waals surface area contributed by atoms with Crippen molar-refractivity contribution in [3.05, 3.63) is 35.4 Å². The smallest absolute Gasteiger partial charge is 0.344 e. The van der Waals surface area contributed by atoms with Crippen molar-refractivity contribution in [3.63, 3.8) is 0 Å². The Balaban J connectivity index is 1.88. The molecule has 1 aromatic carbocycles. The van der Waals surface area contributed by atoms with Gasteiger partial charge in [-0.25, -0.2) is 9.59 Å². The van der Waals surface area contributed by atoms with Crippen molar-refractivity contribution < 1.29 is 19.1 Å². The minimum atomic E-state index is -0.484. The van der Waals surface area contributed by atoms with Gasteiger partial charge in [0.25, 0.3) is 0 Å². The molecule has 0 aliphatic heterocycles. The maximum absolute atomic E-state index is 12.1. The Bertz CT molecular complexity index is 579. The lowest BCUT2D eigenvalue weighted by Crippen LogP contribution is -2.36. The number of benzene rings is 1. The second-order valence-corrected chi connectivity index (χ2v) is 7.25. The first-order valence-corrected chi connectivity index (χ1v) is 8.80. The Morgan fingerprint density at radius 3 is 2.58 bits per heavy atom. The summed E-state index contributed by atoms with van der Waals surface area (Å²) >= 11 is 0. The van der Waals surface area contributed by atoms with E-state index >= 15 is 0 Å². The molecule has 1 saturated carbocycles. The molecule has 2 rings (SSSR count). The summed E-state index contributed by atoms with van der Waals surface area (Å²) in [4.78, 5) is 24.2. The van der Waals surface area contributed by atoms with Crippen molar-refractivity contribution in [2.24, 2.45) is 17.8 Å². The molecule has 0 N–H and O–H groups in total. The molecule has 1 aliphatic rings. The minimum absolute atomic E-state index is 0.0709. The van der Waals surface area contributed by atoms with E-state index in [4.69, 9.17) is 9.47 Å². The molecule has 0 amide bonds. The molecule has 1 aliphatic carbocycles. The van der Waals surface area contributed by atoms with Crippen molar-refractivity contribution in [1.29, 1.82) is 0 Å². The molecule has 0 heterocycles. The summed E-state index contributed by atoms with van der Waals surface area (Å²) < 4.78 is 10.8. The first-order chi connectivity index (χ1) is 11.4. The highest BCUT2D eigenvalue weighted by atomic mass is 16.6. The molecule has 4 nitrogen and oxygen atoms in total. The van der Waals surface area contributed by atoms with Crippen molar-refractivity contribution in [2.45, 2.75) is 53.1 Å². The average molecular weight is 332 g/mol. The molecule has 0 bridgehead atoms. The van der Waals surface area contributed by atoms with Crippen LogP contribution in [0.15, 0.2) is 24.3 Å². The van der Waals surface area contributed by atoms with Crippen LogP contribution in [0.1, 0.15) is 56.0 Å². The number of aryl methyl sites for hydroxylation is 1. The van der Waals surface area contributed by atoms with Gasteiger partial charge in [0.1, 0.15) is 6.10 Å². The fraction of sp³-hybridized carbons (Fsp3) is 0.600. The van der Waals surface area contributed by atoms with E-state index in [1.54, 1.807) is 12.1 Å². The predicted octanol–water partition coefficient (Wildman–Crippen LogP) is 4.16. The number of esters is 2. The Kier molecular flexibility index (Phi) is 6.41. The van der Waals surface area contributed by atoms with Crippen LogP contribution in [0.4, 0.5) is 0 Å². The van der Waals surface area contributed by atoms with Crippen LogP contribution in [-0.4, -0.2) is 24.6 Å². The van der Waals surface area contributed by atoms with Gasteiger partial charge in [-0.05, 0) is 49.1 Å². The molecule has 0 saturated heterocycles. The molecule has 24 heavy (non-hydrogen) atoms. The van der Waals surface area contributed by atoms with E-state index < -0.39 is 11.9 Å². The molecule has 3 atom stereocenters. The zero-order valence-electron chi connectivity index (χ0n) is 15.1. The molecular formula is C20H28O4. The van der Waals surface area contributed by atoms with Gasteiger partial charge in [-0.15, -0.1) is 0 Å². The molecule has 0 aromatic heterocycles. The minimum Gasteiger partial charge on any atom is -0.460 e. The SMILES string of the molecule is Cc1ccccc1C(=O)OCC(=O)OC1CC(C)CCC1C(C)C. The topological polar surface area (TPSA) is 52.6 Å². The van der Waals surface area contributed by atoms with Crippen LogP contribution in [0.3, 0.4) is 0 Å². The Morgan fingerprint density at radius 1 is 1.21 bits per heavy atom. The molecule has 0 spiro atoms. The van der Waals surface area contributed by atoms with E-state index in [1.807, 2.05) is 19.1 Å². The molecule has 3 unspecified atom stereocenters. The number of hydrogen-bond acceptors (Lipinski definition) is 4. The number of carbonyl (C=O) groups is 2. The lowest BCUT2D eigenvalue weighted by Gasteiger charge is -2.36. The van der Waals surface area contributed by atoms with Gasteiger partial charge in [0.15, 0.2) is 6.61 Å². The molecule has 1 fully saturated rings. The summed E-state index contributed by atoms with van der Waals surface area (Å²) in [5.74, 6) is 0.485. The van der Waals surface area contributed by atoms with Gasteiger partial charge < -0.3 is 9.47 Å². The van der Waals surface area contributed by atoms with Crippen LogP contribution in [0, 0.1) is 24.7 Å². The first kappa shape index (κ1) is 18.5. The number of ether oxygens (including phenoxy) is 2. The van der Waals surface area contributed by atoms with Crippen LogP contribution in [0.2, 0.25) is 0 Å². The number of hydrogen-bond donors (Lipinski definition) is 0. The quantitative estimate of drug-likeness (QED) is 0.760. The van der Waals surface area contributed by atoms with E-state index in [0.29, 0.717) is 23.3 Å². The normalized spacial score (nSPS) is 23.8. The highest BCUT2D eigenvalue weighted by Crippen LogP contribution is 2.35. The van der Waals surface area contributed by atoms with Crippen LogP contribution in [-0.2, 0) is 14.3 Å². The van der Waals surface area contributed by atoms with Crippen LogP contribution in [0.5, 0.6) is 0 Å². The molecule has 1 aromatic rings. The largest absolute Gasteiger partial charge is 0.460 e. The lowest BCUT2D eigenvalue weighted by atomic mass is 9.75. The van der Waals surface area contributed by atoms with E-state index in [0.717, 1.165) is 18.4 Å². The third-order valence-corrected chi connectivity index (χ3v) is 4.93. The molecular weight excluding hydrogens is 304 g/mol. The second kappa shape index (κ2) is 8.32. The van der Waals surface area contributed by atoms with Crippen LogP contribution >= 0.6 is 0 Å². The fourth-order valence-corrected chi connectivity index (χ4v) is 3.46. The highest BCUT2D eigenvalue weighted by molar-refractivity contribution is 5.92. The molecule has 4 heteroatoms. The zero-order chi connectivity index (χ0) is 17.7. The average Bonchev–Trinajstić information content (AvgIpc) is 2.53. The van der Waals surface area contributed by atoms with Crippen LogP contribution in [0.25, 0.3) is 0 Å².